The highest BCUT2D eigenvalue weighted by molar-refractivity contribution is 7.22. The Labute approximate surface area is 177 Å². The van der Waals surface area contributed by atoms with Crippen molar-refractivity contribution >= 4 is 55.8 Å². The Hall–Kier alpha value is -1.70. The van der Waals surface area contributed by atoms with Gasteiger partial charge in [-0.2, -0.15) is 0 Å². The van der Waals surface area contributed by atoms with Crippen LogP contribution in [0.25, 0.3) is 10.2 Å². The van der Waals surface area contributed by atoms with Crippen molar-refractivity contribution in [3.63, 3.8) is 0 Å². The number of halogens is 2. The van der Waals surface area contributed by atoms with Gasteiger partial charge < -0.3 is 5.32 Å². The molecule has 5 nitrogen and oxygen atoms in total. The van der Waals surface area contributed by atoms with Gasteiger partial charge in [0.2, 0.25) is 5.91 Å². The molecule has 1 N–H and O–H groups in total. The zero-order valence-electron chi connectivity index (χ0n) is 15.2. The molecular formula is C20H20Cl2N4OS. The molecule has 28 heavy (non-hydrogen) atoms. The molecule has 0 saturated carbocycles. The van der Waals surface area contributed by atoms with Crippen LogP contribution in [-0.4, -0.2) is 53.4 Å². The molecule has 1 saturated heterocycles. The third kappa shape index (κ3) is 4.82. The fraction of sp³-hybridized carbons (Fsp3) is 0.300. The van der Waals surface area contributed by atoms with Gasteiger partial charge in [-0.1, -0.05) is 52.7 Å². The number of carbonyl (C=O) groups is 1. The third-order valence-electron chi connectivity index (χ3n) is 4.78. The maximum Gasteiger partial charge on any atom is 0.240 e. The average Bonchev–Trinajstić information content (AvgIpc) is 3.07. The maximum atomic E-state index is 12.4. The number of fused-ring (bicyclic) bond motifs is 1. The second-order valence-corrected chi connectivity index (χ2v) is 8.70. The summed E-state index contributed by atoms with van der Waals surface area (Å²) >= 11 is 13.7. The topological polar surface area (TPSA) is 48.5 Å². The molecule has 2 heterocycles. The number of hydrogen-bond acceptors (Lipinski definition) is 5. The molecule has 1 fully saturated rings. The number of hydrogen-bond donors (Lipinski definition) is 1. The van der Waals surface area contributed by atoms with Crippen LogP contribution in [-0.2, 0) is 11.3 Å². The largest absolute Gasteiger partial charge is 0.301 e. The fourth-order valence-corrected chi connectivity index (χ4v) is 4.63. The van der Waals surface area contributed by atoms with E-state index in [0.717, 1.165) is 48.5 Å². The van der Waals surface area contributed by atoms with Crippen molar-refractivity contribution in [3.05, 3.63) is 58.1 Å². The van der Waals surface area contributed by atoms with Crippen molar-refractivity contribution in [1.82, 2.24) is 14.8 Å². The van der Waals surface area contributed by atoms with Crippen molar-refractivity contribution < 1.29 is 4.79 Å². The minimum absolute atomic E-state index is 0.0201. The second kappa shape index (κ2) is 8.76. The Bertz CT molecular complexity index is 952. The highest BCUT2D eigenvalue weighted by Crippen LogP contribution is 2.25. The first kappa shape index (κ1) is 19.6. The van der Waals surface area contributed by atoms with Gasteiger partial charge in [0.25, 0.3) is 0 Å². The summed E-state index contributed by atoms with van der Waals surface area (Å²) in [4.78, 5) is 21.3. The summed E-state index contributed by atoms with van der Waals surface area (Å²) in [6.07, 6.45) is 0. The van der Waals surface area contributed by atoms with Crippen LogP contribution in [0.1, 0.15) is 5.56 Å². The van der Waals surface area contributed by atoms with Gasteiger partial charge in [-0.3, -0.25) is 14.6 Å². The molecule has 2 aromatic carbocycles. The Balaban J connectivity index is 1.26. The van der Waals surface area contributed by atoms with Crippen molar-refractivity contribution in [2.45, 2.75) is 6.54 Å². The van der Waals surface area contributed by atoms with Gasteiger partial charge in [-0.25, -0.2) is 4.98 Å². The normalized spacial score (nSPS) is 15.8. The van der Waals surface area contributed by atoms with Crippen molar-refractivity contribution in [2.75, 3.05) is 38.0 Å². The van der Waals surface area contributed by atoms with Crippen molar-refractivity contribution in [2.24, 2.45) is 0 Å². The lowest BCUT2D eigenvalue weighted by atomic mass is 10.2. The minimum Gasteiger partial charge on any atom is -0.301 e. The van der Waals surface area contributed by atoms with E-state index in [0.29, 0.717) is 21.7 Å². The number of amides is 1. The summed E-state index contributed by atoms with van der Waals surface area (Å²) in [5, 5.41) is 4.93. The summed E-state index contributed by atoms with van der Waals surface area (Å²) in [5.41, 5.74) is 1.99. The highest BCUT2D eigenvalue weighted by Gasteiger charge is 2.20. The number of aromatic nitrogens is 1. The van der Waals surface area contributed by atoms with Gasteiger partial charge in [0.1, 0.15) is 0 Å². The quantitative estimate of drug-likeness (QED) is 0.647. The Morgan fingerprint density at radius 1 is 1.07 bits per heavy atom. The van der Waals surface area contributed by atoms with Crippen LogP contribution >= 0.6 is 34.5 Å². The molecule has 8 heteroatoms. The predicted molar refractivity (Wildman–Crippen MR) is 116 cm³/mol. The van der Waals surface area contributed by atoms with Crippen LogP contribution in [0.15, 0.2) is 42.5 Å². The number of thiazole rings is 1. The molecule has 1 aromatic heterocycles. The maximum absolute atomic E-state index is 12.4. The SMILES string of the molecule is O=C(CN1CCN(Cc2ccc(Cl)cc2Cl)CC1)Nc1nc2ccccc2s1. The fourth-order valence-electron chi connectivity index (χ4n) is 3.28. The summed E-state index contributed by atoms with van der Waals surface area (Å²) < 4.78 is 1.08. The summed E-state index contributed by atoms with van der Waals surface area (Å²) in [7, 11) is 0. The average molecular weight is 435 g/mol. The van der Waals surface area contributed by atoms with Crippen molar-refractivity contribution in [1.29, 1.82) is 0 Å². The van der Waals surface area contributed by atoms with Crippen LogP contribution in [0, 0.1) is 0 Å². The third-order valence-corrected chi connectivity index (χ3v) is 6.32. The van der Waals surface area contributed by atoms with Gasteiger partial charge in [0.15, 0.2) is 5.13 Å². The summed E-state index contributed by atoms with van der Waals surface area (Å²) in [6, 6.07) is 13.5. The van der Waals surface area contributed by atoms with Crippen LogP contribution < -0.4 is 5.32 Å². The molecule has 0 atom stereocenters. The molecule has 0 spiro atoms. The van der Waals surface area contributed by atoms with E-state index >= 15 is 0 Å². The zero-order valence-corrected chi connectivity index (χ0v) is 17.5. The molecule has 0 bridgehead atoms. The summed E-state index contributed by atoms with van der Waals surface area (Å²) in [5.74, 6) is -0.0201. The van der Waals surface area contributed by atoms with E-state index in [1.807, 2.05) is 36.4 Å². The molecule has 1 amide bonds. The van der Waals surface area contributed by atoms with E-state index in [1.54, 1.807) is 6.07 Å². The van der Waals surface area contributed by atoms with E-state index in [-0.39, 0.29) is 5.91 Å². The van der Waals surface area contributed by atoms with Gasteiger partial charge in [-0.15, -0.1) is 0 Å². The number of carbonyl (C=O) groups excluding carboxylic acids is 1. The van der Waals surface area contributed by atoms with Crippen molar-refractivity contribution in [3.8, 4) is 0 Å². The Kier molecular flexibility index (Phi) is 6.13. The number of para-hydroxylation sites is 1. The number of rotatable bonds is 5. The van der Waals surface area contributed by atoms with E-state index in [2.05, 4.69) is 20.1 Å². The lowest BCUT2D eigenvalue weighted by Gasteiger charge is -2.34. The van der Waals surface area contributed by atoms with Crippen LogP contribution in [0.4, 0.5) is 5.13 Å². The molecule has 3 aromatic rings. The van der Waals surface area contributed by atoms with Gasteiger partial charge in [-0.05, 0) is 29.8 Å². The molecule has 0 aliphatic carbocycles. The highest BCUT2D eigenvalue weighted by atomic mass is 35.5. The predicted octanol–water partition coefficient (Wildman–Crippen LogP) is 4.36. The number of anilines is 1. The van der Waals surface area contributed by atoms with E-state index in [1.165, 1.54) is 11.3 Å². The van der Waals surface area contributed by atoms with E-state index in [4.69, 9.17) is 23.2 Å². The van der Waals surface area contributed by atoms with Crippen LogP contribution in [0.5, 0.6) is 0 Å². The number of piperazine rings is 1. The minimum atomic E-state index is -0.0201. The molecule has 4 rings (SSSR count). The van der Waals surface area contributed by atoms with E-state index < -0.39 is 0 Å². The molecular weight excluding hydrogens is 415 g/mol. The first-order valence-corrected chi connectivity index (χ1v) is 10.7. The standard InChI is InChI=1S/C20H20Cl2N4OS/c21-15-6-5-14(16(22)11-15)12-25-7-9-26(10-8-25)13-19(27)24-20-23-17-3-1-2-4-18(17)28-20/h1-6,11H,7-10,12-13H2,(H,23,24,27). The van der Waals surface area contributed by atoms with E-state index in [9.17, 15) is 4.79 Å². The molecule has 146 valence electrons. The Morgan fingerprint density at radius 2 is 1.82 bits per heavy atom. The molecule has 0 unspecified atom stereocenters. The number of nitrogens with one attached hydrogen (secondary N) is 1. The first-order valence-electron chi connectivity index (χ1n) is 9.11. The second-order valence-electron chi connectivity index (χ2n) is 6.82. The zero-order chi connectivity index (χ0) is 19.5. The molecule has 1 aliphatic heterocycles. The lowest BCUT2D eigenvalue weighted by Crippen LogP contribution is -2.48. The number of benzene rings is 2. The summed E-state index contributed by atoms with van der Waals surface area (Å²) in [6.45, 7) is 4.66. The molecule has 1 aliphatic rings. The lowest BCUT2D eigenvalue weighted by molar-refractivity contribution is -0.117. The van der Waals surface area contributed by atoms with Gasteiger partial charge in [0.05, 0.1) is 16.8 Å². The molecule has 0 radical (unpaired) electrons. The van der Waals surface area contributed by atoms with Crippen LogP contribution in [0.3, 0.4) is 0 Å². The smallest absolute Gasteiger partial charge is 0.240 e. The monoisotopic (exact) mass is 434 g/mol. The van der Waals surface area contributed by atoms with Gasteiger partial charge >= 0.3 is 0 Å². The number of nitrogens with zero attached hydrogens (tertiary/aromatic N) is 3. The van der Waals surface area contributed by atoms with Crippen LogP contribution in [0.2, 0.25) is 10.0 Å². The Morgan fingerprint density at radius 3 is 2.57 bits per heavy atom. The van der Waals surface area contributed by atoms with Gasteiger partial charge in [0, 0.05) is 42.8 Å². The first-order chi connectivity index (χ1) is 13.6.